The van der Waals surface area contributed by atoms with Gasteiger partial charge >= 0.3 is 0 Å². The average molecular weight is 445 g/mol. The van der Waals surface area contributed by atoms with Crippen molar-refractivity contribution in [2.24, 2.45) is 0 Å². The standard InChI is InChI=1S/C26H23NO6/c1-15-8-4-5-9-17(15)23-22(24(29)18-14-16(32-2)12-13-21(18)33-3)25(30)26(31)27(23)19-10-6-7-11-20(19)28/h4-14,23,28-29H,1-3H3/b24-22+. The monoisotopic (exact) mass is 445 g/mol. The second-order valence-electron chi connectivity index (χ2n) is 7.58. The topological polar surface area (TPSA) is 96.3 Å². The van der Waals surface area contributed by atoms with E-state index in [0.717, 1.165) is 5.56 Å². The summed E-state index contributed by atoms with van der Waals surface area (Å²) in [6.45, 7) is 1.85. The maximum atomic E-state index is 13.3. The third kappa shape index (κ3) is 3.67. The average Bonchev–Trinajstić information content (AvgIpc) is 3.09. The SMILES string of the molecule is COc1ccc(OC)c(/C(O)=C2\C(=O)C(=O)N(c3ccccc3O)C2c2ccccc2C)c1. The molecule has 0 saturated carbocycles. The van der Waals surface area contributed by atoms with Gasteiger partial charge in [-0.3, -0.25) is 14.5 Å². The number of amides is 1. The molecule has 4 rings (SSSR count). The number of ketones is 1. The van der Waals surface area contributed by atoms with Crippen molar-refractivity contribution < 1.29 is 29.3 Å². The molecular formula is C26H23NO6. The van der Waals surface area contributed by atoms with Crippen LogP contribution in [0.15, 0.2) is 72.3 Å². The van der Waals surface area contributed by atoms with Gasteiger partial charge in [0.15, 0.2) is 0 Å². The predicted octanol–water partition coefficient (Wildman–Crippen LogP) is 4.34. The van der Waals surface area contributed by atoms with Gasteiger partial charge in [-0.2, -0.15) is 0 Å². The highest BCUT2D eigenvalue weighted by atomic mass is 16.5. The number of hydrogen-bond donors (Lipinski definition) is 2. The Balaban J connectivity index is 2.03. The van der Waals surface area contributed by atoms with Crippen LogP contribution in [0.2, 0.25) is 0 Å². The van der Waals surface area contributed by atoms with Crippen molar-refractivity contribution in [1.29, 1.82) is 0 Å². The zero-order valence-corrected chi connectivity index (χ0v) is 18.4. The van der Waals surface area contributed by atoms with Crippen LogP contribution >= 0.6 is 0 Å². The molecule has 7 heteroatoms. The second-order valence-corrected chi connectivity index (χ2v) is 7.58. The molecule has 1 unspecified atom stereocenters. The molecule has 1 aliphatic rings. The van der Waals surface area contributed by atoms with E-state index in [-0.39, 0.29) is 22.6 Å². The van der Waals surface area contributed by atoms with Gasteiger partial charge in [-0.25, -0.2) is 0 Å². The third-order valence-electron chi connectivity index (χ3n) is 5.73. The smallest absolute Gasteiger partial charge is 0.300 e. The summed E-state index contributed by atoms with van der Waals surface area (Å²) in [6.07, 6.45) is 0. The summed E-state index contributed by atoms with van der Waals surface area (Å²) in [5, 5.41) is 21.9. The number of carbonyl (C=O) groups excluding carboxylic acids is 2. The van der Waals surface area contributed by atoms with Crippen LogP contribution in [0, 0.1) is 6.92 Å². The van der Waals surface area contributed by atoms with Gasteiger partial charge in [-0.05, 0) is 48.4 Å². The first-order chi connectivity index (χ1) is 15.9. The van der Waals surface area contributed by atoms with E-state index in [1.807, 2.05) is 19.1 Å². The first-order valence-corrected chi connectivity index (χ1v) is 10.3. The lowest BCUT2D eigenvalue weighted by Gasteiger charge is -2.27. The molecule has 0 radical (unpaired) electrons. The number of phenolic OH excluding ortho intramolecular Hbond substituents is 1. The highest BCUT2D eigenvalue weighted by Gasteiger charge is 2.48. The number of Topliss-reactive ketones (excluding diaryl/α,β-unsaturated/α-hetero) is 1. The van der Waals surface area contributed by atoms with Crippen molar-refractivity contribution in [3.8, 4) is 17.2 Å². The highest BCUT2D eigenvalue weighted by molar-refractivity contribution is 6.52. The van der Waals surface area contributed by atoms with Gasteiger partial charge in [-0.15, -0.1) is 0 Å². The number of ether oxygens (including phenoxy) is 2. The highest BCUT2D eigenvalue weighted by Crippen LogP contribution is 2.46. The van der Waals surface area contributed by atoms with E-state index in [4.69, 9.17) is 9.47 Å². The Morgan fingerprint density at radius 2 is 1.64 bits per heavy atom. The lowest BCUT2D eigenvalue weighted by Crippen LogP contribution is -2.29. The van der Waals surface area contributed by atoms with Gasteiger partial charge in [0.05, 0.1) is 37.1 Å². The number of aliphatic hydroxyl groups is 1. The summed E-state index contributed by atoms with van der Waals surface area (Å²) < 4.78 is 10.7. The minimum atomic E-state index is -0.963. The number of benzene rings is 3. The van der Waals surface area contributed by atoms with Crippen molar-refractivity contribution in [3.63, 3.8) is 0 Å². The summed E-state index contributed by atoms with van der Waals surface area (Å²) in [5.41, 5.74) is 1.73. The Hall–Kier alpha value is -4.26. The number of aliphatic hydroxyl groups excluding tert-OH is 1. The fourth-order valence-electron chi connectivity index (χ4n) is 4.08. The number of rotatable bonds is 5. The van der Waals surface area contributed by atoms with Crippen molar-refractivity contribution in [1.82, 2.24) is 0 Å². The van der Waals surface area contributed by atoms with E-state index in [1.54, 1.807) is 42.5 Å². The van der Waals surface area contributed by atoms with Crippen LogP contribution in [0.4, 0.5) is 5.69 Å². The summed E-state index contributed by atoms with van der Waals surface area (Å²) in [4.78, 5) is 27.8. The third-order valence-corrected chi connectivity index (χ3v) is 5.73. The molecular weight excluding hydrogens is 422 g/mol. The molecule has 3 aromatic carbocycles. The van der Waals surface area contributed by atoms with Gasteiger partial charge in [-0.1, -0.05) is 36.4 Å². The van der Waals surface area contributed by atoms with Crippen LogP contribution in [0.1, 0.15) is 22.7 Å². The molecule has 2 N–H and O–H groups in total. The molecule has 0 aliphatic carbocycles. The normalized spacial score (nSPS) is 17.3. The number of nitrogens with zero attached hydrogens (tertiary/aromatic N) is 1. The van der Waals surface area contributed by atoms with Crippen LogP contribution in [0.3, 0.4) is 0 Å². The van der Waals surface area contributed by atoms with Crippen LogP contribution < -0.4 is 14.4 Å². The first kappa shape index (κ1) is 22.0. The van der Waals surface area contributed by atoms with Crippen LogP contribution in [-0.4, -0.2) is 36.1 Å². The number of hydrogen-bond acceptors (Lipinski definition) is 6. The Bertz CT molecular complexity index is 1280. The number of aromatic hydroxyl groups is 1. The number of aryl methyl sites for hydroxylation is 1. The molecule has 1 fully saturated rings. The minimum Gasteiger partial charge on any atom is -0.507 e. The molecule has 33 heavy (non-hydrogen) atoms. The zero-order chi connectivity index (χ0) is 23.7. The maximum absolute atomic E-state index is 13.3. The number of carbonyl (C=O) groups is 2. The number of para-hydroxylation sites is 2. The maximum Gasteiger partial charge on any atom is 0.300 e. The molecule has 0 aromatic heterocycles. The first-order valence-electron chi connectivity index (χ1n) is 10.3. The number of anilines is 1. The molecule has 168 valence electrons. The van der Waals surface area contributed by atoms with E-state index in [2.05, 4.69) is 0 Å². The van der Waals surface area contributed by atoms with Crippen molar-refractivity contribution in [2.75, 3.05) is 19.1 Å². The molecule has 3 aromatic rings. The Labute approximate surface area is 191 Å². The van der Waals surface area contributed by atoms with Crippen LogP contribution in [-0.2, 0) is 9.59 Å². The molecule has 1 heterocycles. The van der Waals surface area contributed by atoms with Gasteiger partial charge < -0.3 is 19.7 Å². The summed E-state index contributed by atoms with van der Waals surface area (Å²) >= 11 is 0. The molecule has 0 bridgehead atoms. The fraction of sp³-hybridized carbons (Fsp3) is 0.154. The molecule has 1 amide bonds. The zero-order valence-electron chi connectivity index (χ0n) is 18.4. The lowest BCUT2D eigenvalue weighted by molar-refractivity contribution is -0.132. The van der Waals surface area contributed by atoms with Crippen LogP contribution in [0.5, 0.6) is 17.2 Å². The Morgan fingerprint density at radius 1 is 0.939 bits per heavy atom. The largest absolute Gasteiger partial charge is 0.507 e. The fourth-order valence-corrected chi connectivity index (χ4v) is 4.08. The summed E-state index contributed by atoms with van der Waals surface area (Å²) in [6, 6.07) is 17.4. The predicted molar refractivity (Wildman–Crippen MR) is 124 cm³/mol. The van der Waals surface area contributed by atoms with E-state index < -0.39 is 23.5 Å². The van der Waals surface area contributed by atoms with Crippen LogP contribution in [0.25, 0.3) is 5.76 Å². The van der Waals surface area contributed by atoms with E-state index >= 15 is 0 Å². The summed E-state index contributed by atoms with van der Waals surface area (Å²) in [7, 11) is 2.92. The number of phenols is 1. The Morgan fingerprint density at radius 3 is 2.30 bits per heavy atom. The molecule has 1 saturated heterocycles. The molecule has 0 spiro atoms. The minimum absolute atomic E-state index is 0.107. The van der Waals surface area contributed by atoms with Gasteiger partial charge in [0.1, 0.15) is 23.0 Å². The van der Waals surface area contributed by atoms with Gasteiger partial charge in [0, 0.05) is 0 Å². The lowest BCUT2D eigenvalue weighted by atomic mass is 9.92. The molecule has 1 aliphatic heterocycles. The van der Waals surface area contributed by atoms with E-state index in [1.165, 1.54) is 31.3 Å². The second kappa shape index (κ2) is 8.70. The van der Waals surface area contributed by atoms with E-state index in [0.29, 0.717) is 17.1 Å². The number of methoxy groups -OCH3 is 2. The van der Waals surface area contributed by atoms with Crippen molar-refractivity contribution in [2.45, 2.75) is 13.0 Å². The molecule has 7 nitrogen and oxygen atoms in total. The van der Waals surface area contributed by atoms with Gasteiger partial charge in [0.25, 0.3) is 11.7 Å². The summed E-state index contributed by atoms with van der Waals surface area (Å²) in [5.74, 6) is -1.51. The van der Waals surface area contributed by atoms with Crippen molar-refractivity contribution in [3.05, 3.63) is 89.0 Å². The van der Waals surface area contributed by atoms with Gasteiger partial charge in [0.2, 0.25) is 0 Å². The molecule has 1 atom stereocenters. The quantitative estimate of drug-likeness (QED) is 0.345. The van der Waals surface area contributed by atoms with Crippen molar-refractivity contribution >= 4 is 23.1 Å². The van der Waals surface area contributed by atoms with E-state index in [9.17, 15) is 19.8 Å². The Kier molecular flexibility index (Phi) is 5.79.